The van der Waals surface area contributed by atoms with Crippen LogP contribution < -0.4 is 20.3 Å². The van der Waals surface area contributed by atoms with Crippen molar-refractivity contribution < 1.29 is 13.5 Å². The van der Waals surface area contributed by atoms with E-state index in [0.29, 0.717) is 45.9 Å². The molecule has 0 bridgehead atoms. The molecule has 1 aliphatic heterocycles. The van der Waals surface area contributed by atoms with Gasteiger partial charge in [0.05, 0.1) is 23.4 Å². The summed E-state index contributed by atoms with van der Waals surface area (Å²) >= 11 is 0. The topological polar surface area (TPSA) is 165 Å². The molecule has 5 N–H and O–H groups in total. The van der Waals surface area contributed by atoms with Gasteiger partial charge < -0.3 is 25.6 Å². The van der Waals surface area contributed by atoms with Gasteiger partial charge in [0.2, 0.25) is 10.0 Å². The molecular weight excluding hydrogens is 556 g/mol. The van der Waals surface area contributed by atoms with Gasteiger partial charge in [0.1, 0.15) is 29.1 Å². The largest absolute Gasteiger partial charge is 0.508 e. The fourth-order valence-corrected chi connectivity index (χ4v) is 6.23. The van der Waals surface area contributed by atoms with Crippen molar-refractivity contribution in [3.05, 3.63) is 54.4 Å². The summed E-state index contributed by atoms with van der Waals surface area (Å²) in [5, 5.41) is 22.9. The van der Waals surface area contributed by atoms with Crippen LogP contribution in [0.25, 0.3) is 27.7 Å². The van der Waals surface area contributed by atoms with Gasteiger partial charge in [0.15, 0.2) is 11.6 Å². The number of phenols is 1. The van der Waals surface area contributed by atoms with Crippen LogP contribution in [0.4, 0.5) is 17.3 Å². The zero-order valence-corrected chi connectivity index (χ0v) is 24.9. The molecule has 14 heteroatoms. The van der Waals surface area contributed by atoms with Crippen LogP contribution in [0.3, 0.4) is 0 Å². The minimum atomic E-state index is -3.54. The lowest BCUT2D eigenvalue weighted by atomic mass is 10.0. The van der Waals surface area contributed by atoms with E-state index in [1.807, 2.05) is 23.7 Å². The zero-order chi connectivity index (χ0) is 29.8. The average molecular weight is 591 g/mol. The minimum Gasteiger partial charge on any atom is -0.508 e. The fourth-order valence-electron chi connectivity index (χ4n) is 5.69. The maximum absolute atomic E-state index is 11.8. The maximum atomic E-state index is 11.8. The molecule has 0 amide bonds. The second kappa shape index (κ2) is 10.4. The minimum absolute atomic E-state index is 0.0828. The number of nitrogens with zero attached hydrogens (tertiary/aromatic N) is 6. The number of aromatic nitrogens is 6. The van der Waals surface area contributed by atoms with E-state index in [2.05, 4.69) is 56.0 Å². The molecule has 0 aliphatic carbocycles. The monoisotopic (exact) mass is 590 g/mol. The molecule has 5 aromatic rings. The Hall–Kier alpha value is -4.43. The third kappa shape index (κ3) is 5.42. The van der Waals surface area contributed by atoms with Gasteiger partial charge in [-0.1, -0.05) is 0 Å². The van der Waals surface area contributed by atoms with Gasteiger partial charge in [-0.25, -0.2) is 27.9 Å². The number of hydrogen-bond acceptors (Lipinski definition) is 10. The quantitative estimate of drug-likeness (QED) is 0.190. The predicted molar refractivity (Wildman–Crippen MR) is 163 cm³/mol. The number of piperazine rings is 1. The lowest BCUT2D eigenvalue weighted by Gasteiger charge is -2.37. The molecule has 6 rings (SSSR count). The normalized spacial score (nSPS) is 18.5. The van der Waals surface area contributed by atoms with Crippen molar-refractivity contribution in [3.63, 3.8) is 0 Å². The van der Waals surface area contributed by atoms with Crippen LogP contribution in [0.5, 0.6) is 5.75 Å². The first-order valence-electron chi connectivity index (χ1n) is 13.7. The summed E-state index contributed by atoms with van der Waals surface area (Å²) in [6.45, 7) is 10.1. The van der Waals surface area contributed by atoms with Crippen molar-refractivity contribution in [1.82, 2.24) is 34.9 Å². The summed E-state index contributed by atoms with van der Waals surface area (Å²) in [4.78, 5) is 19.5. The van der Waals surface area contributed by atoms with Crippen molar-refractivity contribution in [2.75, 3.05) is 34.3 Å². The number of aromatic hydroxyl groups is 1. The van der Waals surface area contributed by atoms with Crippen LogP contribution in [0.1, 0.15) is 38.2 Å². The highest BCUT2D eigenvalue weighted by Crippen LogP contribution is 2.36. The molecule has 1 aliphatic rings. The Morgan fingerprint density at radius 1 is 1.14 bits per heavy atom. The van der Waals surface area contributed by atoms with Crippen LogP contribution >= 0.6 is 0 Å². The van der Waals surface area contributed by atoms with E-state index in [0.717, 1.165) is 36.2 Å². The predicted octanol–water partition coefficient (Wildman–Crippen LogP) is 3.41. The molecule has 220 valence electrons. The smallest absolute Gasteiger partial charge is 0.229 e. The van der Waals surface area contributed by atoms with E-state index >= 15 is 0 Å². The van der Waals surface area contributed by atoms with E-state index in [9.17, 15) is 13.5 Å². The number of rotatable bonds is 7. The van der Waals surface area contributed by atoms with Gasteiger partial charge in [-0.05, 0) is 57.0 Å². The van der Waals surface area contributed by atoms with Gasteiger partial charge in [-0.15, -0.1) is 0 Å². The summed E-state index contributed by atoms with van der Waals surface area (Å²) in [6.07, 6.45) is 6.23. The highest BCUT2D eigenvalue weighted by molar-refractivity contribution is 7.92. The molecule has 1 fully saturated rings. The Morgan fingerprint density at radius 3 is 2.64 bits per heavy atom. The highest BCUT2D eigenvalue weighted by atomic mass is 32.2. The van der Waals surface area contributed by atoms with Crippen molar-refractivity contribution >= 4 is 43.9 Å². The molecule has 0 saturated carbocycles. The van der Waals surface area contributed by atoms with Gasteiger partial charge >= 0.3 is 0 Å². The van der Waals surface area contributed by atoms with Crippen molar-refractivity contribution in [1.29, 1.82) is 0 Å². The molecule has 0 spiro atoms. The third-order valence-corrected chi connectivity index (χ3v) is 7.92. The lowest BCUT2D eigenvalue weighted by molar-refractivity contribution is 0.405. The molecule has 0 unspecified atom stereocenters. The van der Waals surface area contributed by atoms with Crippen LogP contribution in [-0.4, -0.2) is 74.5 Å². The third-order valence-electron chi connectivity index (χ3n) is 7.31. The number of sulfonamides is 1. The number of anilines is 3. The summed E-state index contributed by atoms with van der Waals surface area (Å²) in [5.74, 6) is 1.97. The van der Waals surface area contributed by atoms with E-state index in [1.54, 1.807) is 18.3 Å². The number of phenolic OH excluding ortho intramolecular Hbond substituents is 1. The number of H-pyrrole nitrogens is 1. The van der Waals surface area contributed by atoms with Crippen molar-refractivity contribution in [2.24, 2.45) is 0 Å². The number of benzene rings is 1. The Labute approximate surface area is 243 Å². The van der Waals surface area contributed by atoms with Crippen LogP contribution in [0.15, 0.2) is 43.0 Å². The van der Waals surface area contributed by atoms with Gasteiger partial charge in [-0.3, -0.25) is 4.72 Å². The van der Waals surface area contributed by atoms with Gasteiger partial charge in [0, 0.05) is 49.2 Å². The number of aromatic amines is 1. The first kappa shape index (κ1) is 27.7. The first-order valence-corrected chi connectivity index (χ1v) is 15.6. The molecule has 1 aromatic carbocycles. The van der Waals surface area contributed by atoms with E-state index < -0.39 is 10.0 Å². The van der Waals surface area contributed by atoms with Crippen LogP contribution in [-0.2, 0) is 10.0 Å². The van der Waals surface area contributed by atoms with Gasteiger partial charge in [0.25, 0.3) is 0 Å². The van der Waals surface area contributed by atoms with Gasteiger partial charge in [-0.2, -0.15) is 5.10 Å². The lowest BCUT2D eigenvalue weighted by Crippen LogP contribution is -2.54. The summed E-state index contributed by atoms with van der Waals surface area (Å²) in [7, 11) is -3.54. The van der Waals surface area contributed by atoms with Crippen molar-refractivity contribution in [2.45, 2.75) is 45.8 Å². The van der Waals surface area contributed by atoms with Crippen LogP contribution in [0, 0.1) is 6.92 Å². The second-order valence-corrected chi connectivity index (χ2v) is 12.9. The first-order chi connectivity index (χ1) is 19.9. The molecular formula is C28H34N10O3S. The van der Waals surface area contributed by atoms with Crippen molar-refractivity contribution in [3.8, 4) is 16.9 Å². The molecule has 3 atom stereocenters. The molecule has 0 radical (unpaired) electrons. The van der Waals surface area contributed by atoms with E-state index in [-0.39, 0.29) is 17.5 Å². The Kier molecular flexibility index (Phi) is 6.89. The second-order valence-electron chi connectivity index (χ2n) is 11.1. The number of fused-ring (bicyclic) bond motifs is 2. The van der Waals surface area contributed by atoms with E-state index in [4.69, 9.17) is 10.1 Å². The summed E-state index contributed by atoms with van der Waals surface area (Å²) in [5.41, 5.74) is 4.21. The van der Waals surface area contributed by atoms with Crippen LogP contribution in [0.2, 0.25) is 0 Å². The highest BCUT2D eigenvalue weighted by Gasteiger charge is 2.26. The molecule has 42 heavy (non-hydrogen) atoms. The molecule has 1 saturated heterocycles. The zero-order valence-electron chi connectivity index (χ0n) is 24.0. The molecule has 13 nitrogen and oxygen atoms in total. The Bertz CT molecular complexity index is 1890. The SMILES string of the molecule is Cc1ccn2nc([C@H](C)Nc3ncnc4[nH]cc(-c5cc(O)cc(NS(C)(=O)=O)c5)c34)nc(N3C[C@@H](C)N[C@@H](C)C3)c12. The summed E-state index contributed by atoms with van der Waals surface area (Å²) in [6, 6.07) is 6.92. The Balaban J connectivity index is 1.39. The molecule has 4 aromatic heterocycles. The fraction of sp³-hybridized carbons (Fsp3) is 0.357. The maximum Gasteiger partial charge on any atom is 0.229 e. The number of hydrogen-bond donors (Lipinski definition) is 5. The number of aryl methyl sites for hydroxylation is 1. The average Bonchev–Trinajstić information content (AvgIpc) is 3.51. The van der Waals surface area contributed by atoms with E-state index in [1.165, 1.54) is 12.4 Å². The molecule has 5 heterocycles. The Morgan fingerprint density at radius 2 is 1.90 bits per heavy atom. The number of nitrogens with one attached hydrogen (secondary N) is 4. The standard InChI is InChI=1S/C28H34N10O3S/c1-15-6-7-38-24(15)28(37-12-16(2)32-17(3)13-37)34-25(35-38)18(4)33-27-23-22(11-29-26(23)30-14-31-27)19-8-20(10-21(39)9-19)36-42(5,40)41/h6-11,14,16-18,32,36,39H,12-13H2,1-5H3,(H2,29,30,31,33)/t16-,17+,18-/m0/s1. The summed E-state index contributed by atoms with van der Waals surface area (Å²) < 4.78 is 28.0.